The van der Waals surface area contributed by atoms with Crippen molar-refractivity contribution in [3.05, 3.63) is 0 Å². The molecule has 0 atom stereocenters. The van der Waals surface area contributed by atoms with Crippen LogP contribution in [0.1, 0.15) is 0 Å². The molecule has 0 unspecified atom stereocenters. The van der Waals surface area contributed by atoms with E-state index in [0.717, 1.165) is 0 Å². The van der Waals surface area contributed by atoms with E-state index in [4.69, 9.17) is 13.0 Å². The van der Waals surface area contributed by atoms with Crippen LogP contribution in [0.3, 0.4) is 0 Å². The van der Waals surface area contributed by atoms with Crippen LogP contribution in [-0.4, -0.2) is 9.79 Å². The van der Waals surface area contributed by atoms with Gasteiger partial charge in [0.1, 0.15) is 0 Å². The molecule has 0 aromatic heterocycles. The topological polar surface area (TPSA) is 83.8 Å². The molecular formula is H2AgO5PZr. The predicted molar refractivity (Wildman–Crippen MR) is 13.8 cm³/mol. The van der Waals surface area contributed by atoms with Crippen molar-refractivity contribution in [3.8, 4) is 0 Å². The summed E-state index contributed by atoms with van der Waals surface area (Å²) in [5.41, 5.74) is 0. The molecular weight excluding hydrogens is 310 g/mol. The van der Waals surface area contributed by atoms with Crippen LogP contribution in [-0.2, 0) is 56.6 Å². The Hall–Kier alpha value is 1.53. The molecule has 0 rings (SSSR count). The minimum absolute atomic E-state index is 0.388. The van der Waals surface area contributed by atoms with Crippen LogP contribution in [0.25, 0.3) is 0 Å². The maximum atomic E-state index is 9.49. The Labute approximate surface area is 73.8 Å². The van der Waals surface area contributed by atoms with E-state index in [-0.39, 0.29) is 0 Å². The molecule has 0 aromatic carbocycles. The van der Waals surface area contributed by atoms with Gasteiger partial charge in [0.05, 0.1) is 0 Å². The standard InChI is InChI=1S/Ag.H3O4P.O.Zr/c;1-5(2,3)4;;/h;(H3,1,2,3,4);;/q;;;+1/p-1. The summed E-state index contributed by atoms with van der Waals surface area (Å²) in [6.45, 7) is 0. The molecule has 52 valence electrons. The second-order valence-electron chi connectivity index (χ2n) is 0.582. The monoisotopic (exact) mass is 310 g/mol. The molecule has 8 heavy (non-hydrogen) atoms. The van der Waals surface area contributed by atoms with Crippen molar-refractivity contribution in [2.75, 3.05) is 0 Å². The summed E-state index contributed by atoms with van der Waals surface area (Å²) < 4.78 is 21.2. The zero-order valence-electron chi connectivity index (χ0n) is 3.37. The van der Waals surface area contributed by atoms with E-state index in [1.165, 1.54) is 0 Å². The second-order valence-corrected chi connectivity index (χ2v) is 3.09. The Balaban J connectivity index is 0. The maximum absolute atomic E-state index is 9.49. The van der Waals surface area contributed by atoms with E-state index < -0.39 is 7.82 Å². The first kappa shape index (κ1) is 12.2. The van der Waals surface area contributed by atoms with Crippen LogP contribution in [0.2, 0.25) is 0 Å². The molecule has 8 heteroatoms. The van der Waals surface area contributed by atoms with Gasteiger partial charge in [-0.25, -0.2) is 0 Å². The summed E-state index contributed by atoms with van der Waals surface area (Å²) in [5.74, 6) is 0. The van der Waals surface area contributed by atoms with Gasteiger partial charge in [0.15, 0.2) is 0 Å². The van der Waals surface area contributed by atoms with Gasteiger partial charge >= 0.3 is 74.2 Å². The molecule has 0 aliphatic rings. The van der Waals surface area contributed by atoms with Gasteiger partial charge in [0.25, 0.3) is 0 Å². The minimum atomic E-state index is -4.11. The molecule has 0 saturated heterocycles. The fourth-order valence-electron chi connectivity index (χ4n) is 0. The van der Waals surface area contributed by atoms with Gasteiger partial charge < -0.3 is 0 Å². The van der Waals surface area contributed by atoms with Crippen molar-refractivity contribution in [1.29, 1.82) is 0 Å². The third-order valence-electron chi connectivity index (χ3n) is 0.119. The first-order valence-electron chi connectivity index (χ1n) is 1.09. The first-order valence-corrected chi connectivity index (χ1v) is 4.23. The number of hydrogen-bond donors (Lipinski definition) is 2. The van der Waals surface area contributed by atoms with E-state index in [1.54, 1.807) is 21.0 Å². The van der Waals surface area contributed by atoms with Crippen molar-refractivity contribution >= 4 is 7.82 Å². The number of rotatable bonds is 1. The number of phosphoric acid groups is 1. The molecule has 0 amide bonds. The molecule has 0 heterocycles. The Bertz CT molecular complexity index is 86.4. The summed E-state index contributed by atoms with van der Waals surface area (Å²) in [6, 6.07) is 0. The van der Waals surface area contributed by atoms with E-state index in [0.29, 0.717) is 25.2 Å². The summed E-state index contributed by atoms with van der Waals surface area (Å²) in [7, 11) is -4.11. The van der Waals surface area contributed by atoms with Gasteiger partial charge in [0, 0.05) is 0 Å². The third kappa shape index (κ3) is 15.6. The third-order valence-corrected chi connectivity index (χ3v) is 2.11. The normalized spacial score (nSPS) is 9.38. The van der Waals surface area contributed by atoms with Crippen LogP contribution in [0, 0.1) is 0 Å². The van der Waals surface area contributed by atoms with E-state index in [1.807, 2.05) is 0 Å². The number of hydrogen-bond acceptors (Lipinski definition) is 3. The van der Waals surface area contributed by atoms with Gasteiger partial charge in [0.2, 0.25) is 0 Å². The van der Waals surface area contributed by atoms with Crippen molar-refractivity contribution in [2.45, 2.75) is 0 Å². The van der Waals surface area contributed by atoms with Crippen molar-refractivity contribution in [3.63, 3.8) is 0 Å². The first-order chi connectivity index (χ1) is 3.56. The molecule has 0 radical (unpaired) electrons. The van der Waals surface area contributed by atoms with Gasteiger partial charge in [-0.2, -0.15) is 0 Å². The molecule has 0 bridgehead atoms. The summed E-state index contributed by atoms with van der Waals surface area (Å²) >= 11 is 2.09. The molecule has 0 aliphatic heterocycles. The fraction of sp³-hybridized carbons (Fsp3) is 0. The zero-order valence-corrected chi connectivity index (χ0v) is 8.20. The van der Waals surface area contributed by atoms with Crippen molar-refractivity contribution in [2.24, 2.45) is 0 Å². The molecule has 5 nitrogen and oxygen atoms in total. The average molecular weight is 312 g/mol. The van der Waals surface area contributed by atoms with Gasteiger partial charge in [-0.3, -0.25) is 0 Å². The average Bonchev–Trinajstić information content (AvgIpc) is 1.71. The van der Waals surface area contributed by atoms with Crippen molar-refractivity contribution in [1.82, 2.24) is 0 Å². The Morgan fingerprint density at radius 3 is 1.62 bits per heavy atom. The Morgan fingerprint density at radius 2 is 1.62 bits per heavy atom. The van der Waals surface area contributed by atoms with E-state index in [2.05, 4.69) is 2.60 Å². The molecule has 0 aromatic rings. The van der Waals surface area contributed by atoms with Gasteiger partial charge in [-0.1, -0.05) is 0 Å². The van der Waals surface area contributed by atoms with Crippen LogP contribution in [0.15, 0.2) is 0 Å². The Morgan fingerprint density at radius 1 is 1.50 bits per heavy atom. The quantitative estimate of drug-likeness (QED) is 0.501. The van der Waals surface area contributed by atoms with Gasteiger partial charge in [-0.15, -0.1) is 0 Å². The molecule has 2 N–H and O–H groups in total. The van der Waals surface area contributed by atoms with Crippen LogP contribution in [0.4, 0.5) is 0 Å². The summed E-state index contributed by atoms with van der Waals surface area (Å²) in [4.78, 5) is 15.5. The molecule has 0 aliphatic carbocycles. The predicted octanol–water partition coefficient (Wildman–Crippen LogP) is -0.564. The van der Waals surface area contributed by atoms with Crippen LogP contribution >= 0.6 is 7.82 Å². The molecule has 0 fully saturated rings. The van der Waals surface area contributed by atoms with Crippen LogP contribution < -0.4 is 0 Å². The van der Waals surface area contributed by atoms with E-state index >= 15 is 0 Å². The van der Waals surface area contributed by atoms with Crippen LogP contribution in [0.5, 0.6) is 0 Å². The fourth-order valence-corrected chi connectivity index (χ4v) is 0. The summed E-state index contributed by atoms with van der Waals surface area (Å²) in [5, 5.41) is 0. The van der Waals surface area contributed by atoms with Crippen molar-refractivity contribution < 1.29 is 66.4 Å². The molecule has 0 saturated carbocycles. The molecule has 0 spiro atoms. The summed E-state index contributed by atoms with van der Waals surface area (Å²) in [6.07, 6.45) is 0. The second kappa shape index (κ2) is 6.65. The van der Waals surface area contributed by atoms with Gasteiger partial charge in [-0.05, 0) is 0 Å². The zero-order chi connectivity index (χ0) is 7.21. The van der Waals surface area contributed by atoms with E-state index in [9.17, 15) is 4.57 Å². The SMILES string of the molecule is O=P(O)(O)[O][Zr].[O]=[Ag]. The Kier molecular flexibility index (Phi) is 10.2.